The molecule has 0 saturated carbocycles. The average molecular weight is 253 g/mol. The van der Waals surface area contributed by atoms with E-state index in [0.29, 0.717) is 5.52 Å². The molecular weight excluding hydrogens is 242 g/mol. The van der Waals surface area contributed by atoms with E-state index in [0.717, 1.165) is 22.4 Å². The molecule has 0 N–H and O–H groups in total. The van der Waals surface area contributed by atoms with E-state index in [4.69, 9.17) is 0 Å². The first-order valence-electron chi connectivity index (χ1n) is 5.52. The summed E-state index contributed by atoms with van der Waals surface area (Å²) in [7, 11) is 0. The predicted molar refractivity (Wildman–Crippen MR) is 72.4 cm³/mol. The zero-order valence-corrected chi connectivity index (χ0v) is 10.1. The Morgan fingerprint density at radius 2 is 1.74 bits per heavy atom. The van der Waals surface area contributed by atoms with E-state index in [1.807, 2.05) is 18.2 Å². The minimum atomic E-state index is -0.597. The second kappa shape index (κ2) is 5.22. The van der Waals surface area contributed by atoms with Crippen LogP contribution in [0.4, 0.5) is 5.95 Å². The number of benzene rings is 1. The van der Waals surface area contributed by atoms with Crippen LogP contribution in [-0.2, 0) is 9.59 Å². The third kappa shape index (κ3) is 2.40. The van der Waals surface area contributed by atoms with Crippen LogP contribution in [0.25, 0.3) is 10.9 Å². The number of nitrogens with zero attached hydrogens (tertiary/aromatic N) is 3. The zero-order valence-electron chi connectivity index (χ0n) is 10.1. The van der Waals surface area contributed by atoms with Gasteiger partial charge in [0.2, 0.25) is 5.95 Å². The van der Waals surface area contributed by atoms with Crippen LogP contribution in [0.1, 0.15) is 0 Å². The van der Waals surface area contributed by atoms with Crippen molar-refractivity contribution in [3.63, 3.8) is 0 Å². The van der Waals surface area contributed by atoms with Gasteiger partial charge >= 0.3 is 0 Å². The molecule has 0 unspecified atom stereocenters. The van der Waals surface area contributed by atoms with Gasteiger partial charge in [-0.2, -0.15) is 0 Å². The number of imide groups is 1. The molecule has 5 heteroatoms. The molecule has 0 aliphatic carbocycles. The molecule has 0 bridgehead atoms. The van der Waals surface area contributed by atoms with E-state index >= 15 is 0 Å². The van der Waals surface area contributed by atoms with Gasteiger partial charge in [0, 0.05) is 11.6 Å². The van der Waals surface area contributed by atoms with Crippen molar-refractivity contribution in [1.29, 1.82) is 0 Å². The van der Waals surface area contributed by atoms with Crippen LogP contribution in [0, 0.1) is 0 Å². The van der Waals surface area contributed by atoms with Crippen molar-refractivity contribution in [1.82, 2.24) is 9.97 Å². The molecule has 5 nitrogen and oxygen atoms in total. The van der Waals surface area contributed by atoms with Gasteiger partial charge in [0.15, 0.2) is 0 Å². The van der Waals surface area contributed by atoms with Crippen LogP contribution in [-0.4, -0.2) is 21.8 Å². The fourth-order valence-electron chi connectivity index (χ4n) is 1.56. The summed E-state index contributed by atoms with van der Waals surface area (Å²) in [6, 6.07) is 7.28. The monoisotopic (exact) mass is 253 g/mol. The van der Waals surface area contributed by atoms with Gasteiger partial charge in [-0.15, -0.1) is 0 Å². The van der Waals surface area contributed by atoms with Gasteiger partial charge in [0.05, 0.1) is 5.52 Å². The molecule has 1 aromatic heterocycles. The van der Waals surface area contributed by atoms with Crippen LogP contribution >= 0.6 is 0 Å². The highest BCUT2D eigenvalue weighted by Gasteiger charge is 2.21. The number of hydrogen-bond acceptors (Lipinski definition) is 4. The molecule has 2 rings (SSSR count). The molecule has 0 spiro atoms. The van der Waals surface area contributed by atoms with Crippen molar-refractivity contribution in [2.24, 2.45) is 0 Å². The number of amides is 2. The third-order valence-electron chi connectivity index (χ3n) is 2.47. The van der Waals surface area contributed by atoms with Crippen LogP contribution in [0.2, 0.25) is 0 Å². The number of carbonyl (C=O) groups excluding carboxylic acids is 2. The molecule has 94 valence electrons. The van der Waals surface area contributed by atoms with Crippen molar-refractivity contribution in [2.45, 2.75) is 0 Å². The van der Waals surface area contributed by atoms with E-state index in [1.54, 1.807) is 12.3 Å². The Balaban J connectivity index is 2.55. The van der Waals surface area contributed by atoms with Gasteiger partial charge in [-0.05, 0) is 18.2 Å². The van der Waals surface area contributed by atoms with Gasteiger partial charge in [-0.1, -0.05) is 31.4 Å². The number of rotatable bonds is 3. The largest absolute Gasteiger partial charge is 0.269 e. The fourth-order valence-corrected chi connectivity index (χ4v) is 1.56. The second-order valence-corrected chi connectivity index (χ2v) is 3.65. The third-order valence-corrected chi connectivity index (χ3v) is 2.47. The standard InChI is InChI=1S/C14H11N3O2/c1-3-12(18)17(13(19)4-2)14-15-9-10-7-5-6-8-11(10)16-14/h3-9H,1-2H2. The van der Waals surface area contributed by atoms with Gasteiger partial charge in [0.25, 0.3) is 11.8 Å². The molecule has 1 aromatic carbocycles. The van der Waals surface area contributed by atoms with Crippen LogP contribution in [0.3, 0.4) is 0 Å². The quantitative estimate of drug-likeness (QED) is 0.783. The molecule has 2 aromatic rings. The molecule has 1 heterocycles. The minimum absolute atomic E-state index is 0.00787. The Morgan fingerprint density at radius 1 is 1.11 bits per heavy atom. The maximum absolute atomic E-state index is 11.7. The van der Waals surface area contributed by atoms with Gasteiger partial charge in [-0.25, -0.2) is 14.9 Å². The molecular formula is C14H11N3O2. The van der Waals surface area contributed by atoms with E-state index in [9.17, 15) is 9.59 Å². The molecule has 0 fully saturated rings. The Hall–Kier alpha value is -2.82. The van der Waals surface area contributed by atoms with Crippen molar-refractivity contribution < 1.29 is 9.59 Å². The Morgan fingerprint density at radius 3 is 2.37 bits per heavy atom. The van der Waals surface area contributed by atoms with Crippen LogP contribution < -0.4 is 4.90 Å². The molecule has 19 heavy (non-hydrogen) atoms. The molecule has 2 amide bonds. The lowest BCUT2D eigenvalue weighted by Crippen LogP contribution is -2.35. The highest BCUT2D eigenvalue weighted by Crippen LogP contribution is 2.15. The first kappa shape index (κ1) is 12.6. The first-order valence-corrected chi connectivity index (χ1v) is 5.52. The number of aromatic nitrogens is 2. The minimum Gasteiger partial charge on any atom is -0.269 e. The first-order chi connectivity index (χ1) is 9.17. The number of carbonyl (C=O) groups is 2. The van der Waals surface area contributed by atoms with Gasteiger partial charge in [-0.3, -0.25) is 9.59 Å². The zero-order chi connectivity index (χ0) is 13.8. The predicted octanol–water partition coefficient (Wildman–Crippen LogP) is 1.86. The highest BCUT2D eigenvalue weighted by molar-refractivity contribution is 6.20. The van der Waals surface area contributed by atoms with Crippen molar-refractivity contribution in [2.75, 3.05) is 4.90 Å². The van der Waals surface area contributed by atoms with Crippen LogP contribution in [0.5, 0.6) is 0 Å². The normalized spacial score (nSPS) is 9.89. The van der Waals surface area contributed by atoms with Crippen molar-refractivity contribution >= 4 is 28.7 Å². The lowest BCUT2D eigenvalue weighted by Gasteiger charge is -2.15. The van der Waals surface area contributed by atoms with E-state index in [1.165, 1.54) is 0 Å². The summed E-state index contributed by atoms with van der Waals surface area (Å²) >= 11 is 0. The van der Waals surface area contributed by atoms with E-state index in [2.05, 4.69) is 23.1 Å². The molecule has 0 radical (unpaired) electrons. The fraction of sp³-hybridized carbons (Fsp3) is 0. The SMILES string of the molecule is C=CC(=O)N(C(=O)C=C)c1ncc2ccccc2n1. The Bertz CT molecular complexity index is 659. The smallest absolute Gasteiger partial charge is 0.259 e. The van der Waals surface area contributed by atoms with Crippen molar-refractivity contribution in [3.05, 3.63) is 55.8 Å². The van der Waals surface area contributed by atoms with Crippen LogP contribution in [0.15, 0.2) is 55.8 Å². The molecule has 0 aliphatic rings. The maximum Gasteiger partial charge on any atom is 0.259 e. The van der Waals surface area contributed by atoms with Gasteiger partial charge < -0.3 is 0 Å². The summed E-state index contributed by atoms with van der Waals surface area (Å²) in [5, 5.41) is 0.823. The number of anilines is 1. The van der Waals surface area contributed by atoms with E-state index in [-0.39, 0.29) is 5.95 Å². The molecule has 0 atom stereocenters. The lowest BCUT2D eigenvalue weighted by molar-refractivity contribution is -0.121. The summed E-state index contributed by atoms with van der Waals surface area (Å²) in [4.78, 5) is 32.5. The van der Waals surface area contributed by atoms with Gasteiger partial charge in [0.1, 0.15) is 0 Å². The second-order valence-electron chi connectivity index (χ2n) is 3.65. The summed E-state index contributed by atoms with van der Waals surface area (Å²) in [6.07, 6.45) is 3.61. The highest BCUT2D eigenvalue weighted by atomic mass is 16.2. The molecule has 0 aliphatic heterocycles. The number of para-hydroxylation sites is 1. The topological polar surface area (TPSA) is 63.2 Å². The summed E-state index contributed by atoms with van der Waals surface area (Å²) in [6.45, 7) is 6.71. The maximum atomic E-state index is 11.7. The summed E-state index contributed by atoms with van der Waals surface area (Å²) in [5.74, 6) is -1.19. The van der Waals surface area contributed by atoms with E-state index < -0.39 is 11.8 Å². The Kier molecular flexibility index (Phi) is 3.47. The van der Waals surface area contributed by atoms with Crippen molar-refractivity contribution in [3.8, 4) is 0 Å². The number of fused-ring (bicyclic) bond motifs is 1. The average Bonchev–Trinajstić information content (AvgIpc) is 2.46. The number of hydrogen-bond donors (Lipinski definition) is 0. The summed E-state index contributed by atoms with van der Waals surface area (Å²) < 4.78 is 0. The summed E-state index contributed by atoms with van der Waals surface area (Å²) in [5.41, 5.74) is 0.645. The Labute approximate surface area is 109 Å². The lowest BCUT2D eigenvalue weighted by atomic mass is 10.2. The molecule has 0 saturated heterocycles.